The number of ether oxygens (including phenoxy) is 1. The normalized spacial score (nSPS) is 10.1. The number of nitrogens with zero attached hydrogens (tertiary/aromatic N) is 2. The molecule has 0 aliphatic carbocycles. The summed E-state index contributed by atoms with van der Waals surface area (Å²) in [4.78, 5) is 10.9. The fraction of sp³-hybridized carbons (Fsp3) is 0.182. The Kier molecular flexibility index (Phi) is 4.96. The van der Waals surface area contributed by atoms with Crippen molar-refractivity contribution >= 4 is 23.7 Å². The SMILES string of the molecule is COc1cc(Cl)cc(/C=N\NC(=O)CC#N)c1O. The summed E-state index contributed by atoms with van der Waals surface area (Å²) in [5, 5.41) is 22.0. The average molecular weight is 268 g/mol. The Bertz CT molecular complexity index is 523. The summed E-state index contributed by atoms with van der Waals surface area (Å²) in [6, 6.07) is 4.58. The van der Waals surface area contributed by atoms with E-state index < -0.39 is 5.91 Å². The van der Waals surface area contributed by atoms with Crippen molar-refractivity contribution in [2.75, 3.05) is 7.11 Å². The molecule has 2 N–H and O–H groups in total. The van der Waals surface area contributed by atoms with Crippen LogP contribution in [-0.2, 0) is 4.79 Å². The Balaban J connectivity index is 2.85. The summed E-state index contributed by atoms with van der Waals surface area (Å²) in [5.41, 5.74) is 2.42. The molecule has 0 aliphatic heterocycles. The third-order valence-electron chi connectivity index (χ3n) is 1.92. The van der Waals surface area contributed by atoms with Crippen molar-refractivity contribution < 1.29 is 14.6 Å². The maximum atomic E-state index is 10.9. The number of carbonyl (C=O) groups is 1. The van der Waals surface area contributed by atoms with E-state index in [2.05, 4.69) is 10.5 Å². The molecule has 0 aromatic heterocycles. The van der Waals surface area contributed by atoms with Crippen molar-refractivity contribution in [3.05, 3.63) is 22.7 Å². The maximum absolute atomic E-state index is 10.9. The number of carbonyl (C=O) groups excluding carboxylic acids is 1. The Morgan fingerprint density at radius 1 is 1.72 bits per heavy atom. The van der Waals surface area contributed by atoms with Crippen LogP contribution in [0.2, 0.25) is 5.02 Å². The van der Waals surface area contributed by atoms with Crippen LogP contribution in [0.4, 0.5) is 0 Å². The number of aromatic hydroxyl groups is 1. The van der Waals surface area contributed by atoms with Crippen LogP contribution in [0.15, 0.2) is 17.2 Å². The molecule has 0 radical (unpaired) electrons. The molecular weight excluding hydrogens is 258 g/mol. The largest absolute Gasteiger partial charge is 0.504 e. The smallest absolute Gasteiger partial charge is 0.254 e. The van der Waals surface area contributed by atoms with E-state index in [4.69, 9.17) is 21.6 Å². The highest BCUT2D eigenvalue weighted by Gasteiger charge is 2.08. The lowest BCUT2D eigenvalue weighted by molar-refractivity contribution is -0.120. The van der Waals surface area contributed by atoms with Gasteiger partial charge >= 0.3 is 0 Å². The van der Waals surface area contributed by atoms with Crippen LogP contribution in [0.5, 0.6) is 11.5 Å². The van der Waals surface area contributed by atoms with E-state index in [1.807, 2.05) is 0 Å². The van der Waals surface area contributed by atoms with Gasteiger partial charge in [-0.25, -0.2) is 5.43 Å². The molecule has 0 saturated carbocycles. The summed E-state index contributed by atoms with van der Waals surface area (Å²) in [6.45, 7) is 0. The van der Waals surface area contributed by atoms with Crippen molar-refractivity contribution in [1.82, 2.24) is 5.43 Å². The first-order valence-electron chi connectivity index (χ1n) is 4.83. The summed E-state index contributed by atoms with van der Waals surface area (Å²) < 4.78 is 4.91. The van der Waals surface area contributed by atoms with Crippen molar-refractivity contribution in [1.29, 1.82) is 5.26 Å². The van der Waals surface area contributed by atoms with Crippen LogP contribution in [0.25, 0.3) is 0 Å². The lowest BCUT2D eigenvalue weighted by Crippen LogP contribution is -2.16. The average Bonchev–Trinajstić information content (AvgIpc) is 2.33. The van der Waals surface area contributed by atoms with E-state index >= 15 is 0 Å². The number of halogens is 1. The number of benzene rings is 1. The number of hydrogen-bond donors (Lipinski definition) is 2. The number of nitriles is 1. The molecule has 0 saturated heterocycles. The second-order valence-corrected chi connectivity index (χ2v) is 3.61. The van der Waals surface area contributed by atoms with Gasteiger partial charge in [0, 0.05) is 16.7 Å². The van der Waals surface area contributed by atoms with Crippen LogP contribution in [0.1, 0.15) is 12.0 Å². The van der Waals surface area contributed by atoms with Crippen molar-refractivity contribution in [3.63, 3.8) is 0 Å². The van der Waals surface area contributed by atoms with E-state index in [1.165, 1.54) is 25.5 Å². The van der Waals surface area contributed by atoms with Crippen LogP contribution < -0.4 is 10.2 Å². The second kappa shape index (κ2) is 6.47. The fourth-order valence-electron chi connectivity index (χ4n) is 1.13. The molecule has 0 spiro atoms. The molecule has 6 nitrogen and oxygen atoms in total. The first-order valence-corrected chi connectivity index (χ1v) is 5.21. The summed E-state index contributed by atoms with van der Waals surface area (Å²) in [6.07, 6.45) is 0.918. The first kappa shape index (κ1) is 13.8. The molecule has 18 heavy (non-hydrogen) atoms. The Morgan fingerprint density at radius 3 is 3.06 bits per heavy atom. The molecule has 1 aromatic rings. The molecule has 0 aliphatic rings. The van der Waals surface area contributed by atoms with Gasteiger partial charge in [-0.3, -0.25) is 4.79 Å². The fourth-order valence-corrected chi connectivity index (χ4v) is 1.35. The molecule has 1 aromatic carbocycles. The number of phenols is 1. The minimum Gasteiger partial charge on any atom is -0.504 e. The van der Waals surface area contributed by atoms with E-state index in [-0.39, 0.29) is 23.5 Å². The van der Waals surface area contributed by atoms with Gasteiger partial charge in [-0.15, -0.1) is 0 Å². The highest BCUT2D eigenvalue weighted by molar-refractivity contribution is 6.31. The van der Waals surface area contributed by atoms with Crippen LogP contribution in [-0.4, -0.2) is 24.3 Å². The van der Waals surface area contributed by atoms with E-state index in [0.29, 0.717) is 5.02 Å². The molecule has 1 rings (SSSR count). The van der Waals surface area contributed by atoms with Crippen molar-refractivity contribution in [2.24, 2.45) is 5.10 Å². The molecule has 0 bridgehead atoms. The highest BCUT2D eigenvalue weighted by Crippen LogP contribution is 2.32. The molecular formula is C11H10ClN3O3. The topological polar surface area (TPSA) is 94.7 Å². The van der Waals surface area contributed by atoms with Gasteiger partial charge in [0.2, 0.25) is 0 Å². The van der Waals surface area contributed by atoms with Crippen LogP contribution in [0.3, 0.4) is 0 Å². The van der Waals surface area contributed by atoms with Gasteiger partial charge in [0.15, 0.2) is 11.5 Å². The summed E-state index contributed by atoms with van der Waals surface area (Å²) >= 11 is 5.81. The van der Waals surface area contributed by atoms with Crippen LogP contribution >= 0.6 is 11.6 Å². The van der Waals surface area contributed by atoms with Gasteiger partial charge in [0.25, 0.3) is 5.91 Å². The molecule has 0 atom stereocenters. The van der Waals surface area contributed by atoms with Crippen LogP contribution in [0, 0.1) is 11.3 Å². The Labute approximate surface area is 108 Å². The summed E-state index contributed by atoms with van der Waals surface area (Å²) in [5.74, 6) is -0.477. The molecule has 94 valence electrons. The standard InChI is InChI=1S/C11H10ClN3O3/c1-18-9-5-8(12)4-7(11(9)17)6-14-15-10(16)2-3-13/h4-6,17H,2H2,1H3,(H,15,16)/b14-6-. The van der Waals surface area contributed by atoms with E-state index in [0.717, 1.165) is 0 Å². The molecule has 0 unspecified atom stereocenters. The number of hydrazone groups is 1. The van der Waals surface area contributed by atoms with Gasteiger partial charge in [-0.2, -0.15) is 10.4 Å². The maximum Gasteiger partial charge on any atom is 0.254 e. The predicted octanol–water partition coefficient (Wildman–Crippen LogP) is 1.42. The van der Waals surface area contributed by atoms with E-state index in [9.17, 15) is 9.90 Å². The number of methoxy groups -OCH3 is 1. The number of amides is 1. The van der Waals surface area contributed by atoms with Gasteiger partial charge in [-0.05, 0) is 6.07 Å². The minimum atomic E-state index is -0.540. The minimum absolute atomic E-state index is 0.139. The monoisotopic (exact) mass is 267 g/mol. The Morgan fingerprint density at radius 2 is 2.44 bits per heavy atom. The Hall–Kier alpha value is -2.26. The van der Waals surface area contributed by atoms with Gasteiger partial charge in [0.1, 0.15) is 6.42 Å². The number of rotatable bonds is 4. The third kappa shape index (κ3) is 3.64. The lowest BCUT2D eigenvalue weighted by Gasteiger charge is -2.06. The van der Waals surface area contributed by atoms with Crippen molar-refractivity contribution in [2.45, 2.75) is 6.42 Å². The number of nitrogens with one attached hydrogen (secondary N) is 1. The second-order valence-electron chi connectivity index (χ2n) is 3.17. The molecule has 1 amide bonds. The zero-order chi connectivity index (χ0) is 13.5. The zero-order valence-corrected chi connectivity index (χ0v) is 10.2. The molecule has 7 heteroatoms. The highest BCUT2D eigenvalue weighted by atomic mass is 35.5. The molecule has 0 fully saturated rings. The van der Waals surface area contributed by atoms with Gasteiger partial charge in [0.05, 0.1) is 19.4 Å². The summed E-state index contributed by atoms with van der Waals surface area (Å²) in [7, 11) is 1.39. The van der Waals surface area contributed by atoms with Gasteiger partial charge in [-0.1, -0.05) is 11.6 Å². The third-order valence-corrected chi connectivity index (χ3v) is 2.14. The number of phenolic OH excluding ortho intramolecular Hbond substituents is 1. The van der Waals surface area contributed by atoms with Crippen molar-refractivity contribution in [3.8, 4) is 17.6 Å². The van der Waals surface area contributed by atoms with Gasteiger partial charge < -0.3 is 9.84 Å². The lowest BCUT2D eigenvalue weighted by atomic mass is 10.2. The number of hydrogen-bond acceptors (Lipinski definition) is 5. The first-order chi connectivity index (χ1) is 8.58. The zero-order valence-electron chi connectivity index (χ0n) is 9.48. The predicted molar refractivity (Wildman–Crippen MR) is 65.6 cm³/mol. The quantitative estimate of drug-likeness (QED) is 0.637. The van der Waals surface area contributed by atoms with E-state index in [1.54, 1.807) is 6.07 Å². The molecule has 0 heterocycles.